The zero-order valence-corrected chi connectivity index (χ0v) is 10.3. The molecule has 0 aromatic carbocycles. The summed E-state index contributed by atoms with van der Waals surface area (Å²) in [5.74, 6) is 0.905. The number of rotatable bonds is 3. The van der Waals surface area contributed by atoms with Gasteiger partial charge in [-0.1, -0.05) is 5.16 Å². The summed E-state index contributed by atoms with van der Waals surface area (Å²) in [6.07, 6.45) is 3.27. The van der Waals surface area contributed by atoms with E-state index in [2.05, 4.69) is 15.4 Å². The van der Waals surface area contributed by atoms with Crippen LogP contribution in [0.4, 0.5) is 0 Å². The van der Waals surface area contributed by atoms with Crippen molar-refractivity contribution in [2.45, 2.75) is 6.92 Å². The second-order valence-electron chi connectivity index (χ2n) is 3.83. The Labute approximate surface area is 103 Å². The lowest BCUT2D eigenvalue weighted by molar-refractivity contribution is 0.318. The van der Waals surface area contributed by atoms with Crippen LogP contribution in [-0.4, -0.2) is 30.6 Å². The fourth-order valence-electron chi connectivity index (χ4n) is 1.66. The molecule has 0 unspecified atom stereocenters. The summed E-state index contributed by atoms with van der Waals surface area (Å²) in [6, 6.07) is 0. The maximum absolute atomic E-state index is 8.77. The Balaban J connectivity index is 2.44. The van der Waals surface area contributed by atoms with Crippen LogP contribution in [0.3, 0.4) is 0 Å². The van der Waals surface area contributed by atoms with Gasteiger partial charge in [-0.3, -0.25) is 4.68 Å². The van der Waals surface area contributed by atoms with Crippen LogP contribution < -0.4 is 10.5 Å². The van der Waals surface area contributed by atoms with Crippen LogP contribution in [0.25, 0.3) is 0 Å². The van der Waals surface area contributed by atoms with Crippen LogP contribution in [0.15, 0.2) is 17.5 Å². The quantitative estimate of drug-likeness (QED) is 0.354. The molecule has 2 rings (SSSR count). The van der Waals surface area contributed by atoms with Crippen molar-refractivity contribution in [3.63, 3.8) is 0 Å². The Morgan fingerprint density at radius 1 is 1.50 bits per heavy atom. The van der Waals surface area contributed by atoms with Gasteiger partial charge in [0.05, 0.1) is 18.1 Å². The van der Waals surface area contributed by atoms with Gasteiger partial charge in [-0.25, -0.2) is 4.68 Å². The minimum atomic E-state index is -0.0421. The maximum Gasteiger partial charge on any atom is 0.229 e. The predicted octanol–water partition coefficient (Wildman–Crippen LogP) is 0.349. The lowest BCUT2D eigenvalue weighted by atomic mass is 10.2. The Hall–Kier alpha value is -2.51. The SMILES string of the molecule is Cc1nn(C)c(Oc2cnn(C)c2)c1C(N)=NO. The summed E-state index contributed by atoms with van der Waals surface area (Å²) >= 11 is 0. The Morgan fingerprint density at radius 2 is 2.22 bits per heavy atom. The van der Waals surface area contributed by atoms with Crippen molar-refractivity contribution in [2.75, 3.05) is 0 Å². The van der Waals surface area contributed by atoms with Gasteiger partial charge in [0.1, 0.15) is 5.56 Å². The normalized spacial score (nSPS) is 11.8. The number of nitrogens with two attached hydrogens (primary N) is 1. The van der Waals surface area contributed by atoms with E-state index in [0.717, 1.165) is 0 Å². The first-order valence-electron chi connectivity index (χ1n) is 5.21. The van der Waals surface area contributed by atoms with Crippen LogP contribution in [0, 0.1) is 6.92 Å². The van der Waals surface area contributed by atoms with E-state index < -0.39 is 0 Å². The van der Waals surface area contributed by atoms with Crippen LogP contribution >= 0.6 is 0 Å². The first kappa shape index (κ1) is 12.0. The monoisotopic (exact) mass is 250 g/mol. The molecule has 2 heterocycles. The molecular weight excluding hydrogens is 236 g/mol. The van der Waals surface area contributed by atoms with Gasteiger partial charge in [0.25, 0.3) is 0 Å². The van der Waals surface area contributed by atoms with E-state index in [9.17, 15) is 0 Å². The summed E-state index contributed by atoms with van der Waals surface area (Å²) in [5, 5.41) is 19.9. The van der Waals surface area contributed by atoms with Crippen molar-refractivity contribution in [3.05, 3.63) is 23.7 Å². The van der Waals surface area contributed by atoms with Crippen LogP contribution in [-0.2, 0) is 14.1 Å². The third kappa shape index (κ3) is 1.99. The molecule has 0 saturated carbocycles. The molecule has 2 aromatic heterocycles. The Bertz CT molecular complexity index is 598. The highest BCUT2D eigenvalue weighted by Gasteiger charge is 2.19. The molecule has 0 aliphatic carbocycles. The molecule has 0 spiro atoms. The molecule has 2 aromatic rings. The summed E-state index contributed by atoms with van der Waals surface area (Å²) in [6.45, 7) is 1.75. The number of hydrogen-bond acceptors (Lipinski definition) is 5. The molecule has 96 valence electrons. The number of aromatic nitrogens is 4. The Morgan fingerprint density at radius 3 is 2.78 bits per heavy atom. The van der Waals surface area contributed by atoms with Gasteiger partial charge in [-0.05, 0) is 6.92 Å². The van der Waals surface area contributed by atoms with Gasteiger partial charge >= 0.3 is 0 Å². The van der Waals surface area contributed by atoms with Crippen molar-refractivity contribution in [1.82, 2.24) is 19.6 Å². The van der Waals surface area contributed by atoms with Crippen LogP contribution in [0.2, 0.25) is 0 Å². The summed E-state index contributed by atoms with van der Waals surface area (Å²) in [7, 11) is 3.50. The number of amidine groups is 1. The second kappa shape index (κ2) is 4.40. The van der Waals surface area contributed by atoms with Gasteiger partial charge in [0.2, 0.25) is 5.88 Å². The zero-order chi connectivity index (χ0) is 13.3. The molecule has 0 amide bonds. The first-order valence-corrected chi connectivity index (χ1v) is 5.21. The smallest absolute Gasteiger partial charge is 0.229 e. The third-order valence-electron chi connectivity index (χ3n) is 2.43. The summed E-state index contributed by atoms with van der Waals surface area (Å²) < 4.78 is 8.79. The molecule has 8 nitrogen and oxygen atoms in total. The zero-order valence-electron chi connectivity index (χ0n) is 10.3. The molecular formula is C10H14N6O2. The van der Waals surface area contributed by atoms with Gasteiger partial charge in [-0.15, -0.1) is 0 Å². The van der Waals surface area contributed by atoms with Crippen molar-refractivity contribution in [1.29, 1.82) is 0 Å². The average molecular weight is 250 g/mol. The number of hydrogen-bond donors (Lipinski definition) is 2. The first-order chi connectivity index (χ1) is 8.52. The number of aryl methyl sites for hydroxylation is 3. The van der Waals surface area contributed by atoms with Gasteiger partial charge < -0.3 is 15.7 Å². The van der Waals surface area contributed by atoms with E-state index in [1.807, 2.05) is 0 Å². The summed E-state index contributed by atoms with van der Waals surface area (Å²) in [5.41, 5.74) is 6.69. The number of nitrogens with zero attached hydrogens (tertiary/aromatic N) is 5. The van der Waals surface area contributed by atoms with Gasteiger partial charge in [0.15, 0.2) is 11.6 Å². The second-order valence-corrected chi connectivity index (χ2v) is 3.83. The largest absolute Gasteiger partial charge is 0.435 e. The van der Waals surface area contributed by atoms with E-state index in [0.29, 0.717) is 22.9 Å². The summed E-state index contributed by atoms with van der Waals surface area (Å²) in [4.78, 5) is 0. The number of ether oxygens (including phenoxy) is 1. The predicted molar refractivity (Wildman–Crippen MR) is 63.7 cm³/mol. The van der Waals surface area contributed by atoms with E-state index >= 15 is 0 Å². The van der Waals surface area contributed by atoms with E-state index in [1.54, 1.807) is 38.1 Å². The van der Waals surface area contributed by atoms with Crippen molar-refractivity contribution < 1.29 is 9.94 Å². The molecule has 0 bridgehead atoms. The molecule has 18 heavy (non-hydrogen) atoms. The molecule has 0 aliphatic rings. The van der Waals surface area contributed by atoms with Crippen LogP contribution in [0.5, 0.6) is 11.6 Å². The molecule has 0 radical (unpaired) electrons. The van der Waals surface area contributed by atoms with Gasteiger partial charge in [0, 0.05) is 14.1 Å². The minimum Gasteiger partial charge on any atom is -0.435 e. The number of oxime groups is 1. The van der Waals surface area contributed by atoms with Gasteiger partial charge in [-0.2, -0.15) is 10.2 Å². The highest BCUT2D eigenvalue weighted by molar-refractivity contribution is 6.00. The Kier molecular flexibility index (Phi) is 2.92. The maximum atomic E-state index is 8.77. The van der Waals surface area contributed by atoms with Crippen LogP contribution in [0.1, 0.15) is 11.3 Å². The minimum absolute atomic E-state index is 0.0421. The molecule has 0 aliphatic heterocycles. The molecule has 0 saturated heterocycles. The fourth-order valence-corrected chi connectivity index (χ4v) is 1.66. The van der Waals surface area contributed by atoms with E-state index in [1.165, 1.54) is 4.68 Å². The van der Waals surface area contributed by atoms with E-state index in [4.69, 9.17) is 15.7 Å². The van der Waals surface area contributed by atoms with Crippen molar-refractivity contribution >= 4 is 5.84 Å². The third-order valence-corrected chi connectivity index (χ3v) is 2.43. The van der Waals surface area contributed by atoms with Crippen molar-refractivity contribution in [2.24, 2.45) is 25.0 Å². The lowest BCUT2D eigenvalue weighted by Gasteiger charge is -2.05. The fraction of sp³-hybridized carbons (Fsp3) is 0.300. The molecule has 8 heteroatoms. The van der Waals surface area contributed by atoms with Crippen molar-refractivity contribution in [3.8, 4) is 11.6 Å². The molecule has 3 N–H and O–H groups in total. The standard InChI is InChI=1S/C10H14N6O2/c1-6-8(9(11)14-17)10(16(3)13-6)18-7-4-12-15(2)5-7/h4-5,17H,1-3H3,(H2,11,14). The topological polar surface area (TPSA) is 103 Å². The lowest BCUT2D eigenvalue weighted by Crippen LogP contribution is -2.14. The highest BCUT2D eigenvalue weighted by Crippen LogP contribution is 2.26. The van der Waals surface area contributed by atoms with E-state index in [-0.39, 0.29) is 5.84 Å². The highest BCUT2D eigenvalue weighted by atomic mass is 16.5. The average Bonchev–Trinajstić information content (AvgIpc) is 2.84. The molecule has 0 fully saturated rings. The molecule has 0 atom stereocenters.